The summed E-state index contributed by atoms with van der Waals surface area (Å²) in [5.74, 6) is 0.0326. The summed E-state index contributed by atoms with van der Waals surface area (Å²) in [6, 6.07) is 6.71. The molecule has 3 aliphatic rings. The van der Waals surface area contributed by atoms with Crippen LogP contribution < -0.4 is 5.32 Å². The molecule has 1 atom stereocenters. The minimum absolute atomic E-state index is 0.0865. The van der Waals surface area contributed by atoms with Crippen LogP contribution in [0.3, 0.4) is 0 Å². The summed E-state index contributed by atoms with van der Waals surface area (Å²) in [6.07, 6.45) is 1.97. The fraction of sp³-hybridized carbons (Fsp3) is 0.526. The summed E-state index contributed by atoms with van der Waals surface area (Å²) >= 11 is 6.12. The predicted octanol–water partition coefficient (Wildman–Crippen LogP) is 1.78. The maximum Gasteiger partial charge on any atom is 0.326 e. The Kier molecular flexibility index (Phi) is 4.60. The Balaban J connectivity index is 1.35. The quantitative estimate of drug-likeness (QED) is 0.795. The average Bonchev–Trinajstić information content (AvgIpc) is 3.48. The second kappa shape index (κ2) is 6.80. The van der Waals surface area contributed by atoms with E-state index >= 15 is 0 Å². The van der Waals surface area contributed by atoms with Gasteiger partial charge in [0, 0.05) is 26.2 Å². The van der Waals surface area contributed by atoms with Crippen molar-refractivity contribution in [2.75, 3.05) is 32.8 Å². The molecule has 1 saturated carbocycles. The lowest BCUT2D eigenvalue weighted by molar-refractivity contribution is -0.133. The molecule has 2 heterocycles. The Morgan fingerprint density at radius 1 is 1.19 bits per heavy atom. The predicted molar refractivity (Wildman–Crippen MR) is 100 cm³/mol. The lowest BCUT2D eigenvalue weighted by atomic mass is 9.96. The van der Waals surface area contributed by atoms with Crippen LogP contribution in [-0.2, 0) is 4.79 Å². The van der Waals surface area contributed by atoms with E-state index in [1.165, 1.54) is 4.90 Å². The van der Waals surface area contributed by atoms with Gasteiger partial charge in [0.2, 0.25) is 0 Å². The highest BCUT2D eigenvalue weighted by Gasteiger charge is 2.56. The molecule has 3 fully saturated rings. The first-order valence-corrected chi connectivity index (χ1v) is 9.68. The van der Waals surface area contributed by atoms with Gasteiger partial charge < -0.3 is 10.2 Å². The van der Waals surface area contributed by atoms with Gasteiger partial charge in [0.1, 0.15) is 5.54 Å². The van der Waals surface area contributed by atoms with Gasteiger partial charge in [-0.05, 0) is 37.8 Å². The molecule has 1 N–H and O–H groups in total. The van der Waals surface area contributed by atoms with Crippen LogP contribution in [0.15, 0.2) is 24.3 Å². The summed E-state index contributed by atoms with van der Waals surface area (Å²) in [4.78, 5) is 42.8. The van der Waals surface area contributed by atoms with Crippen LogP contribution in [0, 0.1) is 5.92 Å². The van der Waals surface area contributed by atoms with Gasteiger partial charge in [-0.1, -0.05) is 23.7 Å². The number of benzene rings is 1. The van der Waals surface area contributed by atoms with Crippen molar-refractivity contribution < 1.29 is 14.4 Å². The number of amides is 4. The molecule has 7 nitrogen and oxygen atoms in total. The van der Waals surface area contributed by atoms with E-state index in [4.69, 9.17) is 11.6 Å². The average molecular weight is 391 g/mol. The number of carbonyl (C=O) groups excluding carboxylic acids is 3. The first-order chi connectivity index (χ1) is 12.9. The molecule has 2 saturated heterocycles. The van der Waals surface area contributed by atoms with Gasteiger partial charge in [0.05, 0.1) is 17.3 Å². The molecular weight excluding hydrogens is 368 g/mol. The van der Waals surface area contributed by atoms with Gasteiger partial charge in [-0.2, -0.15) is 0 Å². The minimum atomic E-state index is -0.751. The molecule has 8 heteroatoms. The lowest BCUT2D eigenvalue weighted by Crippen LogP contribution is -2.53. The molecule has 27 heavy (non-hydrogen) atoms. The van der Waals surface area contributed by atoms with Gasteiger partial charge in [0.15, 0.2) is 0 Å². The van der Waals surface area contributed by atoms with E-state index in [-0.39, 0.29) is 30.4 Å². The molecule has 144 valence electrons. The van der Waals surface area contributed by atoms with Crippen molar-refractivity contribution >= 4 is 29.4 Å². The Hall–Kier alpha value is -2.12. The molecular formula is C19H23ClN4O3. The summed E-state index contributed by atoms with van der Waals surface area (Å²) < 4.78 is 0. The van der Waals surface area contributed by atoms with E-state index in [9.17, 15) is 14.4 Å². The van der Waals surface area contributed by atoms with Crippen LogP contribution in [-0.4, -0.2) is 70.9 Å². The molecule has 0 bridgehead atoms. The van der Waals surface area contributed by atoms with E-state index in [0.29, 0.717) is 36.8 Å². The maximum atomic E-state index is 12.7. The number of hydrogen-bond donors (Lipinski definition) is 1. The van der Waals surface area contributed by atoms with Crippen LogP contribution in [0.1, 0.15) is 30.1 Å². The van der Waals surface area contributed by atoms with Crippen molar-refractivity contribution in [3.63, 3.8) is 0 Å². The monoisotopic (exact) mass is 390 g/mol. The molecule has 0 aromatic heterocycles. The number of rotatable bonds is 4. The highest BCUT2D eigenvalue weighted by molar-refractivity contribution is 6.33. The van der Waals surface area contributed by atoms with E-state index in [0.717, 1.165) is 12.8 Å². The van der Waals surface area contributed by atoms with E-state index in [1.807, 2.05) is 11.8 Å². The third-order valence-electron chi connectivity index (χ3n) is 5.80. The van der Waals surface area contributed by atoms with Crippen LogP contribution in [0.2, 0.25) is 5.02 Å². The first-order valence-electron chi connectivity index (χ1n) is 9.30. The third kappa shape index (κ3) is 3.30. The number of halogens is 1. The van der Waals surface area contributed by atoms with Crippen molar-refractivity contribution in [3.8, 4) is 0 Å². The summed E-state index contributed by atoms with van der Waals surface area (Å²) in [6.45, 7) is 4.37. The zero-order valence-corrected chi connectivity index (χ0v) is 16.0. The fourth-order valence-corrected chi connectivity index (χ4v) is 4.10. The van der Waals surface area contributed by atoms with Crippen molar-refractivity contribution in [3.05, 3.63) is 34.9 Å². The molecule has 1 aromatic rings. The second-order valence-corrected chi connectivity index (χ2v) is 8.08. The Bertz CT molecular complexity index is 789. The van der Waals surface area contributed by atoms with Gasteiger partial charge in [-0.25, -0.2) is 9.69 Å². The molecule has 4 rings (SSSR count). The lowest BCUT2D eigenvalue weighted by Gasteiger charge is -2.36. The second-order valence-electron chi connectivity index (χ2n) is 7.67. The smallest absolute Gasteiger partial charge is 0.326 e. The zero-order chi connectivity index (χ0) is 19.2. The number of urea groups is 1. The van der Waals surface area contributed by atoms with Gasteiger partial charge in [-0.3, -0.25) is 14.5 Å². The van der Waals surface area contributed by atoms with Crippen molar-refractivity contribution in [2.45, 2.75) is 25.3 Å². The molecule has 0 spiro atoms. The maximum absolute atomic E-state index is 12.7. The summed E-state index contributed by atoms with van der Waals surface area (Å²) in [5, 5.41) is 3.32. The number of nitrogens with one attached hydrogen (secondary N) is 1. The fourth-order valence-electron chi connectivity index (χ4n) is 3.88. The number of piperazine rings is 1. The van der Waals surface area contributed by atoms with Crippen LogP contribution in [0.4, 0.5) is 4.79 Å². The van der Waals surface area contributed by atoms with Crippen LogP contribution >= 0.6 is 11.6 Å². The minimum Gasteiger partial charge on any atom is -0.336 e. The van der Waals surface area contributed by atoms with E-state index in [2.05, 4.69) is 5.32 Å². The third-order valence-corrected chi connectivity index (χ3v) is 6.13. The SMILES string of the molecule is CC1(C2CC2)NC(=O)N(CN2CCN(C(=O)c3ccccc3Cl)CC2)C1=O. The number of imide groups is 1. The molecule has 4 amide bonds. The Labute approximate surface area is 163 Å². The van der Waals surface area contributed by atoms with Gasteiger partial charge in [0.25, 0.3) is 11.8 Å². The Morgan fingerprint density at radius 2 is 1.85 bits per heavy atom. The number of carbonyl (C=O) groups is 3. The van der Waals surface area contributed by atoms with E-state index < -0.39 is 5.54 Å². The van der Waals surface area contributed by atoms with E-state index in [1.54, 1.807) is 29.2 Å². The Morgan fingerprint density at radius 3 is 2.48 bits per heavy atom. The largest absolute Gasteiger partial charge is 0.336 e. The summed E-state index contributed by atoms with van der Waals surface area (Å²) in [7, 11) is 0. The normalized spacial score (nSPS) is 26.4. The molecule has 1 unspecified atom stereocenters. The first kappa shape index (κ1) is 18.3. The molecule has 2 aliphatic heterocycles. The van der Waals surface area contributed by atoms with Crippen molar-refractivity contribution in [1.29, 1.82) is 0 Å². The standard InChI is InChI=1S/C19H23ClN4O3/c1-19(13-6-7-13)17(26)24(18(27)21-19)12-22-8-10-23(11-9-22)16(25)14-4-2-3-5-15(14)20/h2-5,13H,6-12H2,1H3,(H,21,27). The molecule has 0 radical (unpaired) electrons. The van der Waals surface area contributed by atoms with Crippen LogP contribution in [0.25, 0.3) is 0 Å². The highest BCUT2D eigenvalue weighted by Crippen LogP contribution is 2.42. The van der Waals surface area contributed by atoms with Crippen LogP contribution in [0.5, 0.6) is 0 Å². The zero-order valence-electron chi connectivity index (χ0n) is 15.3. The van der Waals surface area contributed by atoms with Gasteiger partial charge in [-0.15, -0.1) is 0 Å². The number of hydrogen-bond acceptors (Lipinski definition) is 4. The van der Waals surface area contributed by atoms with Crippen molar-refractivity contribution in [2.24, 2.45) is 5.92 Å². The highest BCUT2D eigenvalue weighted by atomic mass is 35.5. The summed E-state index contributed by atoms with van der Waals surface area (Å²) in [5.41, 5.74) is -0.249. The van der Waals surface area contributed by atoms with Gasteiger partial charge >= 0.3 is 6.03 Å². The number of nitrogens with zero attached hydrogens (tertiary/aromatic N) is 3. The topological polar surface area (TPSA) is 73.0 Å². The molecule has 1 aliphatic carbocycles. The van der Waals surface area contributed by atoms with Crippen molar-refractivity contribution in [1.82, 2.24) is 20.0 Å². The molecule has 1 aromatic carbocycles.